The molecule has 10 heavy (non-hydrogen) atoms. The third-order valence-electron chi connectivity index (χ3n) is 1.05. The Morgan fingerprint density at radius 3 is 3.00 bits per heavy atom. The summed E-state index contributed by atoms with van der Waals surface area (Å²) in [5.41, 5.74) is 0. The van der Waals surface area contributed by atoms with Gasteiger partial charge in [0.05, 0.1) is 23.3 Å². The summed E-state index contributed by atoms with van der Waals surface area (Å²) in [5.74, 6) is 0. The van der Waals surface area contributed by atoms with Crippen molar-refractivity contribution in [2.75, 3.05) is 0 Å². The van der Waals surface area contributed by atoms with Gasteiger partial charge in [-0.2, -0.15) is 5.10 Å². The Hall–Kier alpha value is -0.350. The number of nitrogens with zero attached hydrogens (tertiary/aromatic N) is 2. The average Bonchev–Trinajstić information content (AvgIpc) is 2.13. The van der Waals surface area contributed by atoms with Gasteiger partial charge in [-0.3, -0.25) is 4.68 Å². The molecule has 0 radical (unpaired) electrons. The summed E-state index contributed by atoms with van der Waals surface area (Å²) < 4.78 is 2.63. The number of aliphatic hydroxyl groups excluding tert-OH is 1. The smallest absolute Gasteiger partial charge is 0.0708 e. The number of rotatable bonds is 2. The maximum absolute atomic E-state index is 8.94. The van der Waals surface area contributed by atoms with E-state index in [-0.39, 0.29) is 6.10 Å². The fourth-order valence-corrected chi connectivity index (χ4v) is 1.04. The van der Waals surface area contributed by atoms with E-state index in [1.807, 2.05) is 6.20 Å². The standard InChI is InChI=1S/C6H9BrN2O/c1-5(10)3-9-4-6(7)2-8-9/h2,4-5,10H,3H2,1H3/t5-/m1/s1. The normalized spacial score (nSPS) is 13.5. The molecule has 1 N–H and O–H groups in total. The first-order valence-electron chi connectivity index (χ1n) is 3.04. The first kappa shape index (κ1) is 7.75. The van der Waals surface area contributed by atoms with E-state index in [1.165, 1.54) is 0 Å². The van der Waals surface area contributed by atoms with Crippen LogP contribution >= 0.6 is 15.9 Å². The van der Waals surface area contributed by atoms with Crippen LogP contribution in [0.3, 0.4) is 0 Å². The Balaban J connectivity index is 2.58. The summed E-state index contributed by atoms with van der Waals surface area (Å²) in [6.07, 6.45) is 3.18. The quantitative estimate of drug-likeness (QED) is 0.782. The number of aliphatic hydroxyl groups is 1. The van der Waals surface area contributed by atoms with E-state index in [0.29, 0.717) is 6.54 Å². The van der Waals surface area contributed by atoms with E-state index in [1.54, 1.807) is 17.8 Å². The van der Waals surface area contributed by atoms with Gasteiger partial charge in [0.25, 0.3) is 0 Å². The molecule has 56 valence electrons. The molecule has 0 unspecified atom stereocenters. The summed E-state index contributed by atoms with van der Waals surface area (Å²) in [4.78, 5) is 0. The van der Waals surface area contributed by atoms with Crippen LogP contribution in [0.25, 0.3) is 0 Å². The van der Waals surface area contributed by atoms with Gasteiger partial charge < -0.3 is 5.11 Å². The molecule has 1 aromatic rings. The van der Waals surface area contributed by atoms with Crippen molar-refractivity contribution in [3.63, 3.8) is 0 Å². The summed E-state index contributed by atoms with van der Waals surface area (Å²) in [7, 11) is 0. The summed E-state index contributed by atoms with van der Waals surface area (Å²) in [5, 5.41) is 12.9. The highest BCUT2D eigenvalue weighted by Gasteiger charge is 1.98. The molecule has 0 saturated carbocycles. The topological polar surface area (TPSA) is 38.0 Å². The van der Waals surface area contributed by atoms with E-state index in [2.05, 4.69) is 21.0 Å². The largest absolute Gasteiger partial charge is 0.391 e. The van der Waals surface area contributed by atoms with Crippen LogP contribution in [0, 0.1) is 0 Å². The van der Waals surface area contributed by atoms with E-state index in [4.69, 9.17) is 5.11 Å². The first-order chi connectivity index (χ1) is 4.68. The Morgan fingerprint density at radius 2 is 2.60 bits per heavy atom. The molecule has 0 aliphatic carbocycles. The zero-order valence-electron chi connectivity index (χ0n) is 5.66. The molecular weight excluding hydrogens is 196 g/mol. The average molecular weight is 205 g/mol. The molecule has 1 aromatic heterocycles. The Labute approximate surface area is 67.8 Å². The predicted molar refractivity (Wildman–Crippen MR) is 41.6 cm³/mol. The van der Waals surface area contributed by atoms with Crippen molar-refractivity contribution in [3.05, 3.63) is 16.9 Å². The minimum atomic E-state index is -0.341. The minimum Gasteiger partial charge on any atom is -0.391 e. The van der Waals surface area contributed by atoms with E-state index in [9.17, 15) is 0 Å². The predicted octanol–water partition coefficient (Wildman–Crippen LogP) is 1.03. The highest BCUT2D eigenvalue weighted by Crippen LogP contribution is 2.06. The van der Waals surface area contributed by atoms with Crippen molar-refractivity contribution in [1.29, 1.82) is 0 Å². The van der Waals surface area contributed by atoms with Gasteiger partial charge in [0.15, 0.2) is 0 Å². The molecule has 0 aliphatic rings. The maximum Gasteiger partial charge on any atom is 0.0708 e. The second-order valence-electron chi connectivity index (χ2n) is 2.23. The Kier molecular flexibility index (Phi) is 2.45. The van der Waals surface area contributed by atoms with Gasteiger partial charge in [0.2, 0.25) is 0 Å². The SMILES string of the molecule is C[C@@H](O)Cn1cc(Br)cn1. The molecule has 0 amide bonds. The van der Waals surface area contributed by atoms with Gasteiger partial charge in [-0.1, -0.05) is 0 Å². The van der Waals surface area contributed by atoms with Crippen molar-refractivity contribution in [2.24, 2.45) is 0 Å². The van der Waals surface area contributed by atoms with Crippen LogP contribution < -0.4 is 0 Å². The van der Waals surface area contributed by atoms with Crippen LogP contribution in [0.2, 0.25) is 0 Å². The van der Waals surface area contributed by atoms with Gasteiger partial charge in [-0.15, -0.1) is 0 Å². The molecule has 0 aromatic carbocycles. The van der Waals surface area contributed by atoms with Crippen LogP contribution in [-0.4, -0.2) is 21.0 Å². The molecule has 3 nitrogen and oxygen atoms in total. The van der Waals surface area contributed by atoms with Crippen molar-refractivity contribution in [2.45, 2.75) is 19.6 Å². The number of aromatic nitrogens is 2. The van der Waals surface area contributed by atoms with Crippen molar-refractivity contribution >= 4 is 15.9 Å². The molecule has 0 saturated heterocycles. The number of hydrogen-bond donors (Lipinski definition) is 1. The molecule has 0 spiro atoms. The zero-order chi connectivity index (χ0) is 7.56. The van der Waals surface area contributed by atoms with Gasteiger partial charge in [0.1, 0.15) is 0 Å². The third kappa shape index (κ3) is 2.11. The lowest BCUT2D eigenvalue weighted by molar-refractivity contribution is 0.168. The molecule has 1 atom stereocenters. The molecule has 0 fully saturated rings. The molecule has 0 bridgehead atoms. The van der Waals surface area contributed by atoms with Gasteiger partial charge >= 0.3 is 0 Å². The van der Waals surface area contributed by atoms with E-state index >= 15 is 0 Å². The van der Waals surface area contributed by atoms with Crippen LogP contribution in [0.1, 0.15) is 6.92 Å². The highest BCUT2D eigenvalue weighted by molar-refractivity contribution is 9.10. The molecule has 1 rings (SSSR count). The van der Waals surface area contributed by atoms with E-state index in [0.717, 1.165) is 4.47 Å². The molecule has 4 heteroatoms. The van der Waals surface area contributed by atoms with Crippen molar-refractivity contribution in [3.8, 4) is 0 Å². The lowest BCUT2D eigenvalue weighted by atomic mass is 10.4. The summed E-state index contributed by atoms with van der Waals surface area (Å²) in [6, 6.07) is 0. The summed E-state index contributed by atoms with van der Waals surface area (Å²) >= 11 is 3.26. The second kappa shape index (κ2) is 3.16. The Morgan fingerprint density at radius 1 is 1.90 bits per heavy atom. The van der Waals surface area contributed by atoms with Gasteiger partial charge in [-0.25, -0.2) is 0 Å². The van der Waals surface area contributed by atoms with Crippen LogP contribution in [0.5, 0.6) is 0 Å². The summed E-state index contributed by atoms with van der Waals surface area (Å²) in [6.45, 7) is 2.28. The monoisotopic (exact) mass is 204 g/mol. The zero-order valence-corrected chi connectivity index (χ0v) is 7.24. The number of halogens is 1. The Bertz CT molecular complexity index is 209. The van der Waals surface area contributed by atoms with Crippen LogP contribution in [-0.2, 0) is 6.54 Å². The maximum atomic E-state index is 8.94. The van der Waals surface area contributed by atoms with Gasteiger partial charge in [-0.05, 0) is 22.9 Å². The third-order valence-corrected chi connectivity index (χ3v) is 1.46. The van der Waals surface area contributed by atoms with Crippen molar-refractivity contribution < 1.29 is 5.11 Å². The first-order valence-corrected chi connectivity index (χ1v) is 3.84. The lowest BCUT2D eigenvalue weighted by Gasteiger charge is -2.01. The molecule has 0 aliphatic heterocycles. The lowest BCUT2D eigenvalue weighted by Crippen LogP contribution is -2.11. The fraction of sp³-hybridized carbons (Fsp3) is 0.500. The van der Waals surface area contributed by atoms with Crippen LogP contribution in [0.4, 0.5) is 0 Å². The molecule has 1 heterocycles. The fourth-order valence-electron chi connectivity index (χ4n) is 0.709. The minimum absolute atomic E-state index is 0.341. The van der Waals surface area contributed by atoms with E-state index < -0.39 is 0 Å². The number of hydrogen-bond acceptors (Lipinski definition) is 2. The second-order valence-corrected chi connectivity index (χ2v) is 3.15. The highest BCUT2D eigenvalue weighted by atomic mass is 79.9. The van der Waals surface area contributed by atoms with Crippen LogP contribution in [0.15, 0.2) is 16.9 Å². The van der Waals surface area contributed by atoms with Gasteiger partial charge in [0, 0.05) is 6.20 Å². The molecular formula is C6H9BrN2O. The van der Waals surface area contributed by atoms with Crippen molar-refractivity contribution in [1.82, 2.24) is 9.78 Å².